The van der Waals surface area contributed by atoms with Crippen molar-refractivity contribution < 1.29 is 21.6 Å². The third-order valence-electron chi connectivity index (χ3n) is 5.66. The summed E-state index contributed by atoms with van der Waals surface area (Å²) < 4.78 is 56.2. The summed E-state index contributed by atoms with van der Waals surface area (Å²) in [5, 5.41) is 2.58. The van der Waals surface area contributed by atoms with Crippen LogP contribution in [0.25, 0.3) is 0 Å². The lowest BCUT2D eigenvalue weighted by molar-refractivity contribution is 0.102. The van der Waals surface area contributed by atoms with Crippen molar-refractivity contribution in [1.29, 1.82) is 0 Å². The molecule has 0 aliphatic rings. The standard InChI is InChI=1S/C26H23ClN4O5S2/c1-17-6-5-7-23(18(17)2)30-38(35,36)24-16-19(9-14-22(24)27)26(32)29-20-10-12-21(13-11-20)37(33,34)31-25-8-3-4-15-28-25/h3-16,30H,1-2H3,(H,28,31)(H,29,32). The number of anilines is 3. The van der Waals surface area contributed by atoms with Crippen LogP contribution in [0.4, 0.5) is 17.2 Å². The van der Waals surface area contributed by atoms with Crippen molar-refractivity contribution in [3.05, 3.63) is 107 Å². The average Bonchev–Trinajstić information content (AvgIpc) is 2.87. The minimum Gasteiger partial charge on any atom is -0.322 e. The van der Waals surface area contributed by atoms with Crippen molar-refractivity contribution in [3.63, 3.8) is 0 Å². The zero-order chi connectivity index (χ0) is 27.5. The number of hydrogen-bond donors (Lipinski definition) is 3. The van der Waals surface area contributed by atoms with Gasteiger partial charge in [-0.2, -0.15) is 0 Å². The van der Waals surface area contributed by atoms with Crippen LogP contribution in [-0.2, 0) is 20.0 Å². The van der Waals surface area contributed by atoms with Gasteiger partial charge in [-0.05, 0) is 85.6 Å². The predicted octanol–water partition coefficient (Wildman–Crippen LogP) is 5.21. The average molecular weight is 571 g/mol. The first-order valence-corrected chi connectivity index (χ1v) is 14.5. The van der Waals surface area contributed by atoms with E-state index in [-0.39, 0.29) is 26.2 Å². The number of aryl methyl sites for hydroxylation is 1. The Morgan fingerprint density at radius 1 is 0.816 bits per heavy atom. The molecule has 9 nitrogen and oxygen atoms in total. The quantitative estimate of drug-likeness (QED) is 0.266. The van der Waals surface area contributed by atoms with Crippen LogP contribution in [0, 0.1) is 13.8 Å². The highest BCUT2D eigenvalue weighted by molar-refractivity contribution is 7.93. The molecule has 12 heteroatoms. The van der Waals surface area contributed by atoms with Crippen LogP contribution in [0.15, 0.2) is 94.9 Å². The number of carbonyl (C=O) groups is 1. The fraction of sp³-hybridized carbons (Fsp3) is 0.0769. The van der Waals surface area contributed by atoms with Gasteiger partial charge in [0.2, 0.25) is 0 Å². The largest absolute Gasteiger partial charge is 0.322 e. The van der Waals surface area contributed by atoms with Gasteiger partial charge in [-0.25, -0.2) is 21.8 Å². The number of hydrogen-bond acceptors (Lipinski definition) is 6. The van der Waals surface area contributed by atoms with Crippen molar-refractivity contribution in [2.75, 3.05) is 14.8 Å². The number of sulfonamides is 2. The van der Waals surface area contributed by atoms with E-state index >= 15 is 0 Å². The number of benzene rings is 3. The van der Waals surface area contributed by atoms with Gasteiger partial charge in [0.25, 0.3) is 26.0 Å². The molecule has 0 spiro atoms. The number of halogens is 1. The Hall–Kier alpha value is -3.93. The molecule has 3 aromatic carbocycles. The smallest absolute Gasteiger partial charge is 0.263 e. The van der Waals surface area contributed by atoms with E-state index in [4.69, 9.17) is 11.6 Å². The Bertz CT molecular complexity index is 1710. The zero-order valence-electron chi connectivity index (χ0n) is 20.3. The van der Waals surface area contributed by atoms with Crippen LogP contribution >= 0.6 is 11.6 Å². The first-order chi connectivity index (χ1) is 18.0. The monoisotopic (exact) mass is 570 g/mol. The summed E-state index contributed by atoms with van der Waals surface area (Å²) in [6.45, 7) is 3.66. The lowest BCUT2D eigenvalue weighted by Gasteiger charge is -2.14. The van der Waals surface area contributed by atoms with Crippen LogP contribution in [0.2, 0.25) is 5.02 Å². The topological polar surface area (TPSA) is 134 Å². The van der Waals surface area contributed by atoms with Crippen molar-refractivity contribution in [2.45, 2.75) is 23.6 Å². The van der Waals surface area contributed by atoms with Gasteiger partial charge in [-0.3, -0.25) is 14.2 Å². The number of nitrogens with one attached hydrogen (secondary N) is 3. The van der Waals surface area contributed by atoms with Crippen LogP contribution in [0.1, 0.15) is 21.5 Å². The van der Waals surface area contributed by atoms with E-state index in [1.807, 2.05) is 13.0 Å². The van der Waals surface area contributed by atoms with Crippen LogP contribution in [-0.4, -0.2) is 27.7 Å². The molecule has 38 heavy (non-hydrogen) atoms. The molecule has 0 aliphatic heterocycles. The van der Waals surface area contributed by atoms with Gasteiger partial charge in [0.15, 0.2) is 0 Å². The third kappa shape index (κ3) is 6.13. The van der Waals surface area contributed by atoms with E-state index in [9.17, 15) is 21.6 Å². The molecule has 196 valence electrons. The molecule has 0 aliphatic carbocycles. The lowest BCUT2D eigenvalue weighted by atomic mass is 10.1. The minimum absolute atomic E-state index is 0.0291. The van der Waals surface area contributed by atoms with E-state index in [1.165, 1.54) is 54.7 Å². The Morgan fingerprint density at radius 3 is 2.24 bits per heavy atom. The third-order valence-corrected chi connectivity index (χ3v) is 8.88. The maximum atomic E-state index is 13.1. The summed E-state index contributed by atoms with van der Waals surface area (Å²) in [6.07, 6.45) is 1.46. The van der Waals surface area contributed by atoms with E-state index in [1.54, 1.807) is 31.2 Å². The second-order valence-electron chi connectivity index (χ2n) is 8.30. The molecule has 4 rings (SSSR count). The van der Waals surface area contributed by atoms with Crippen LogP contribution in [0.3, 0.4) is 0 Å². The summed E-state index contributed by atoms with van der Waals surface area (Å²) in [4.78, 5) is 16.5. The Labute approximate surface area is 226 Å². The highest BCUT2D eigenvalue weighted by atomic mass is 35.5. The number of amides is 1. The van der Waals surface area contributed by atoms with Gasteiger partial charge in [-0.15, -0.1) is 0 Å². The second kappa shape index (κ2) is 10.8. The number of rotatable bonds is 8. The van der Waals surface area contributed by atoms with Gasteiger partial charge < -0.3 is 5.32 Å². The normalized spacial score (nSPS) is 11.6. The van der Waals surface area contributed by atoms with Gasteiger partial charge in [0.1, 0.15) is 10.7 Å². The first kappa shape index (κ1) is 27.1. The summed E-state index contributed by atoms with van der Waals surface area (Å²) in [5.74, 6) is -0.433. The maximum Gasteiger partial charge on any atom is 0.263 e. The molecule has 0 saturated heterocycles. The van der Waals surface area contributed by atoms with E-state index < -0.39 is 26.0 Å². The molecule has 0 radical (unpaired) electrons. The summed E-state index contributed by atoms with van der Waals surface area (Å²) in [5.41, 5.74) is 2.44. The molecular formula is C26H23ClN4O5S2. The first-order valence-electron chi connectivity index (χ1n) is 11.2. The molecule has 1 heterocycles. The fourth-order valence-corrected chi connectivity index (χ4v) is 6.11. The molecule has 4 aromatic rings. The molecule has 3 N–H and O–H groups in total. The highest BCUT2D eigenvalue weighted by Gasteiger charge is 2.22. The van der Waals surface area contributed by atoms with Crippen molar-refractivity contribution in [3.8, 4) is 0 Å². The zero-order valence-corrected chi connectivity index (χ0v) is 22.7. The van der Waals surface area contributed by atoms with E-state index in [2.05, 4.69) is 19.7 Å². The number of carbonyl (C=O) groups excluding carboxylic acids is 1. The molecule has 0 unspecified atom stereocenters. The molecule has 0 atom stereocenters. The second-order valence-corrected chi connectivity index (χ2v) is 12.0. The number of pyridine rings is 1. The Kier molecular flexibility index (Phi) is 7.72. The van der Waals surface area contributed by atoms with Crippen LogP contribution < -0.4 is 14.8 Å². The molecule has 0 saturated carbocycles. The van der Waals surface area contributed by atoms with Crippen molar-refractivity contribution in [1.82, 2.24) is 4.98 Å². The molecule has 1 amide bonds. The predicted molar refractivity (Wildman–Crippen MR) is 148 cm³/mol. The Morgan fingerprint density at radius 2 is 1.55 bits per heavy atom. The van der Waals surface area contributed by atoms with E-state index in [0.29, 0.717) is 11.4 Å². The number of aromatic nitrogens is 1. The molecule has 0 fully saturated rings. The minimum atomic E-state index is -4.10. The lowest BCUT2D eigenvalue weighted by Crippen LogP contribution is -2.17. The van der Waals surface area contributed by atoms with Gasteiger partial charge in [0, 0.05) is 17.4 Å². The molecular weight excluding hydrogens is 548 g/mol. The maximum absolute atomic E-state index is 13.1. The van der Waals surface area contributed by atoms with Gasteiger partial charge >= 0.3 is 0 Å². The summed E-state index contributed by atoms with van der Waals surface area (Å²) in [7, 11) is -7.98. The fourth-order valence-electron chi connectivity index (χ4n) is 3.45. The van der Waals surface area contributed by atoms with Crippen molar-refractivity contribution >= 4 is 54.7 Å². The van der Waals surface area contributed by atoms with Gasteiger partial charge in [0.05, 0.1) is 15.6 Å². The Balaban J connectivity index is 1.51. The highest BCUT2D eigenvalue weighted by Crippen LogP contribution is 2.28. The SMILES string of the molecule is Cc1cccc(NS(=O)(=O)c2cc(C(=O)Nc3ccc(S(=O)(=O)Nc4ccccn4)cc3)ccc2Cl)c1C. The summed E-state index contributed by atoms with van der Waals surface area (Å²) in [6, 6.07) is 19.5. The molecule has 0 bridgehead atoms. The molecule has 1 aromatic heterocycles. The summed E-state index contributed by atoms with van der Waals surface area (Å²) >= 11 is 6.18. The van der Waals surface area contributed by atoms with Crippen molar-refractivity contribution in [2.24, 2.45) is 0 Å². The van der Waals surface area contributed by atoms with Gasteiger partial charge in [-0.1, -0.05) is 29.8 Å². The van der Waals surface area contributed by atoms with Crippen LogP contribution in [0.5, 0.6) is 0 Å². The number of nitrogens with zero attached hydrogens (tertiary/aromatic N) is 1. The van der Waals surface area contributed by atoms with E-state index in [0.717, 1.165) is 11.1 Å².